The Kier molecular flexibility index (Phi) is 1.87. The highest BCUT2D eigenvalue weighted by molar-refractivity contribution is 7.97. The van der Waals surface area contributed by atoms with E-state index in [2.05, 4.69) is 0 Å². The summed E-state index contributed by atoms with van der Waals surface area (Å²) in [5.74, 6) is 0. The smallest absolute Gasteiger partial charge is 0.213 e. The van der Waals surface area contributed by atoms with Gasteiger partial charge in [0.05, 0.1) is 4.75 Å². The van der Waals surface area contributed by atoms with Gasteiger partial charge in [-0.2, -0.15) is 5.26 Å². The Morgan fingerprint density at radius 3 is 1.67 bits per heavy atom. The summed E-state index contributed by atoms with van der Waals surface area (Å²) in [4.78, 5) is 0. The zero-order valence-electron chi connectivity index (χ0n) is 5.67. The molecule has 0 aliphatic rings. The maximum atomic E-state index is 10.7. The molecular formula is C5H9NO2S. The number of nitriles is 1. The normalized spacial score (nSPS) is 12.7. The first-order chi connectivity index (χ1) is 3.81. The summed E-state index contributed by atoms with van der Waals surface area (Å²) in [7, 11) is -3.53. The van der Waals surface area contributed by atoms with Crippen LogP contribution in [0.2, 0.25) is 0 Å². The average molecular weight is 147 g/mol. The van der Waals surface area contributed by atoms with Crippen molar-refractivity contribution >= 4 is 9.84 Å². The van der Waals surface area contributed by atoms with Gasteiger partial charge >= 0.3 is 0 Å². The molecule has 0 atom stereocenters. The Morgan fingerprint density at radius 2 is 1.67 bits per heavy atom. The number of hydrogen-bond donors (Lipinski definition) is 0. The van der Waals surface area contributed by atoms with Crippen molar-refractivity contribution in [3.05, 3.63) is 0 Å². The van der Waals surface area contributed by atoms with Crippen LogP contribution >= 0.6 is 0 Å². The molecule has 0 rings (SSSR count). The Labute approximate surface area is 55.2 Å². The minimum atomic E-state index is -3.53. The van der Waals surface area contributed by atoms with E-state index in [0.29, 0.717) is 0 Å². The van der Waals surface area contributed by atoms with E-state index in [0.717, 1.165) is 0 Å². The van der Waals surface area contributed by atoms with Gasteiger partial charge in [0.1, 0.15) is 0 Å². The van der Waals surface area contributed by atoms with Crippen molar-refractivity contribution in [1.82, 2.24) is 0 Å². The third kappa shape index (κ3) is 1.68. The fourth-order valence-electron chi connectivity index (χ4n) is 0.137. The molecule has 0 bridgehead atoms. The summed E-state index contributed by atoms with van der Waals surface area (Å²) in [6.07, 6.45) is 0. The Balaban J connectivity index is 4.86. The van der Waals surface area contributed by atoms with Crippen molar-refractivity contribution in [2.24, 2.45) is 0 Å². The number of sulfone groups is 1. The van der Waals surface area contributed by atoms with Gasteiger partial charge < -0.3 is 0 Å². The van der Waals surface area contributed by atoms with Crippen LogP contribution in [-0.4, -0.2) is 13.2 Å². The third-order valence-electron chi connectivity index (χ3n) is 0.926. The van der Waals surface area contributed by atoms with Crippen LogP contribution in [-0.2, 0) is 9.84 Å². The molecule has 4 heteroatoms. The van der Waals surface area contributed by atoms with Crippen LogP contribution in [0.15, 0.2) is 0 Å². The second-order valence-corrected chi connectivity index (χ2v) is 5.12. The topological polar surface area (TPSA) is 57.9 Å². The van der Waals surface area contributed by atoms with Crippen molar-refractivity contribution in [3.63, 3.8) is 0 Å². The molecule has 0 fully saturated rings. The van der Waals surface area contributed by atoms with Crippen LogP contribution in [0.4, 0.5) is 0 Å². The minimum absolute atomic E-state index is 0.943. The first-order valence-corrected chi connectivity index (χ1v) is 3.95. The fraction of sp³-hybridized carbons (Fsp3) is 0.800. The van der Waals surface area contributed by atoms with Crippen molar-refractivity contribution < 1.29 is 8.42 Å². The zero-order valence-corrected chi connectivity index (χ0v) is 6.49. The zero-order chi connectivity index (χ0) is 7.71. The largest absolute Gasteiger partial charge is 0.246 e. The Morgan fingerprint density at radius 1 is 1.33 bits per heavy atom. The standard InChI is InChI=1S/C5H9NO2S/c1-5(2,3)9(7,8)4-6/h1-3H3. The lowest BCUT2D eigenvalue weighted by Crippen LogP contribution is -2.25. The molecule has 0 spiro atoms. The Hall–Kier alpha value is -0.560. The third-order valence-corrected chi connectivity index (χ3v) is 2.78. The van der Waals surface area contributed by atoms with Crippen LogP contribution in [0, 0.1) is 10.7 Å². The monoisotopic (exact) mass is 147 g/mol. The molecule has 0 heterocycles. The Bertz CT molecular complexity index is 227. The molecule has 0 aromatic heterocycles. The molecule has 0 aromatic rings. The fourth-order valence-corrected chi connectivity index (χ4v) is 0.411. The van der Waals surface area contributed by atoms with Crippen molar-refractivity contribution in [2.75, 3.05) is 0 Å². The first-order valence-electron chi connectivity index (χ1n) is 2.47. The molecule has 0 amide bonds. The molecule has 0 N–H and O–H groups in total. The maximum absolute atomic E-state index is 10.7. The summed E-state index contributed by atoms with van der Waals surface area (Å²) >= 11 is 0. The van der Waals surface area contributed by atoms with Crippen molar-refractivity contribution in [1.29, 1.82) is 5.26 Å². The molecule has 0 aliphatic carbocycles. The van der Waals surface area contributed by atoms with E-state index in [4.69, 9.17) is 5.26 Å². The summed E-state index contributed by atoms with van der Waals surface area (Å²) < 4.78 is 20.4. The molecule has 9 heavy (non-hydrogen) atoms. The average Bonchev–Trinajstić information content (AvgIpc) is 1.64. The van der Waals surface area contributed by atoms with Crippen LogP contribution in [0.25, 0.3) is 0 Å². The highest BCUT2D eigenvalue weighted by Crippen LogP contribution is 2.13. The summed E-state index contributed by atoms with van der Waals surface area (Å²) in [6, 6.07) is 0. The molecule has 0 saturated carbocycles. The van der Waals surface area contributed by atoms with E-state index in [1.54, 1.807) is 0 Å². The van der Waals surface area contributed by atoms with Crippen LogP contribution in [0.3, 0.4) is 0 Å². The molecule has 0 saturated heterocycles. The van der Waals surface area contributed by atoms with Gasteiger partial charge in [-0.1, -0.05) is 0 Å². The van der Waals surface area contributed by atoms with Gasteiger partial charge in [-0.25, -0.2) is 8.42 Å². The lowest BCUT2D eigenvalue weighted by Gasteiger charge is -2.11. The molecule has 3 nitrogen and oxygen atoms in total. The van der Waals surface area contributed by atoms with E-state index in [1.165, 1.54) is 26.2 Å². The van der Waals surface area contributed by atoms with E-state index in [-0.39, 0.29) is 0 Å². The maximum Gasteiger partial charge on any atom is 0.246 e. The predicted octanol–water partition coefficient (Wildman–Crippen LogP) is 0.681. The summed E-state index contributed by atoms with van der Waals surface area (Å²) in [5.41, 5.74) is 0. The van der Waals surface area contributed by atoms with Gasteiger partial charge in [0, 0.05) is 0 Å². The van der Waals surface area contributed by atoms with E-state index in [9.17, 15) is 8.42 Å². The lowest BCUT2D eigenvalue weighted by atomic mass is 10.3. The van der Waals surface area contributed by atoms with E-state index in [1.807, 2.05) is 0 Å². The SMILES string of the molecule is CC(C)(C)S(=O)(=O)C#N. The van der Waals surface area contributed by atoms with E-state index < -0.39 is 14.6 Å². The van der Waals surface area contributed by atoms with Gasteiger partial charge in [-0.15, -0.1) is 0 Å². The number of nitrogens with zero attached hydrogens (tertiary/aromatic N) is 1. The molecule has 0 unspecified atom stereocenters. The number of hydrogen-bond acceptors (Lipinski definition) is 3. The summed E-state index contributed by atoms with van der Waals surface area (Å²) in [6.45, 7) is 4.47. The van der Waals surface area contributed by atoms with Gasteiger partial charge in [0.15, 0.2) is 5.40 Å². The highest BCUT2D eigenvalue weighted by atomic mass is 32.2. The highest BCUT2D eigenvalue weighted by Gasteiger charge is 2.28. The van der Waals surface area contributed by atoms with Crippen LogP contribution in [0.5, 0.6) is 0 Å². The predicted molar refractivity (Wildman–Crippen MR) is 34.3 cm³/mol. The molecule has 0 aromatic carbocycles. The number of rotatable bonds is 0. The molecule has 0 radical (unpaired) electrons. The molecular weight excluding hydrogens is 138 g/mol. The van der Waals surface area contributed by atoms with Gasteiger partial charge in [0.2, 0.25) is 9.84 Å². The number of thiocyanates is 1. The first kappa shape index (κ1) is 8.44. The summed E-state index contributed by atoms with van der Waals surface area (Å²) in [5, 5.41) is 9.35. The van der Waals surface area contributed by atoms with Crippen LogP contribution < -0.4 is 0 Å². The van der Waals surface area contributed by atoms with Crippen LogP contribution in [0.1, 0.15) is 20.8 Å². The molecule has 52 valence electrons. The lowest BCUT2D eigenvalue weighted by molar-refractivity contribution is 0.571. The quantitative estimate of drug-likeness (QED) is 0.374. The van der Waals surface area contributed by atoms with Crippen molar-refractivity contribution in [2.45, 2.75) is 25.5 Å². The second-order valence-electron chi connectivity index (χ2n) is 2.71. The van der Waals surface area contributed by atoms with Gasteiger partial charge in [0.25, 0.3) is 0 Å². The van der Waals surface area contributed by atoms with Gasteiger partial charge in [-0.05, 0) is 20.8 Å². The molecule has 0 aliphatic heterocycles. The van der Waals surface area contributed by atoms with Crippen molar-refractivity contribution in [3.8, 4) is 5.40 Å². The van der Waals surface area contributed by atoms with Gasteiger partial charge in [-0.3, -0.25) is 0 Å². The minimum Gasteiger partial charge on any atom is -0.213 e. The second kappa shape index (κ2) is 1.99. The van der Waals surface area contributed by atoms with E-state index >= 15 is 0 Å².